The van der Waals surface area contributed by atoms with Crippen molar-refractivity contribution in [3.8, 4) is 34.1 Å². The molecule has 11 rings (SSSR count). The number of ether oxygens (including phenoxy) is 1. The minimum atomic E-state index is -0.577. The molecule has 2 aliphatic rings. The van der Waals surface area contributed by atoms with Crippen molar-refractivity contribution in [2.75, 3.05) is 16.9 Å². The smallest absolute Gasteiger partial charge is 0.265 e. The lowest BCUT2D eigenvalue weighted by atomic mass is 9.82. The van der Waals surface area contributed by atoms with E-state index in [-0.39, 0.29) is 28.6 Å². The van der Waals surface area contributed by atoms with E-state index in [0.29, 0.717) is 45.2 Å². The van der Waals surface area contributed by atoms with Crippen molar-refractivity contribution in [2.45, 2.75) is 13.3 Å². The standard InChI is InChI=1S/C49H28N2O8/c1-3-23-7-8-37-44-38(47(56)51(46(37)55)25-19-28(54)22-29(20-25)59-2)14-11-33(41(23)44)30-9-10-34-36-13-16-40-45-39(15-12-35(43(36)45)32-6-4-5-31(30)42(32)34)48(57)50(49(40)58)24-17-26(52)21-27(53)18-24/h6-22,52-54H,3H2,1-2H3. The first-order valence-corrected chi connectivity index (χ1v) is 18.8. The molecule has 0 fully saturated rings. The van der Waals surface area contributed by atoms with Crippen LogP contribution in [0.4, 0.5) is 11.4 Å². The van der Waals surface area contributed by atoms with Gasteiger partial charge in [0.1, 0.15) is 23.0 Å². The molecule has 0 atom stereocenters. The third-order valence-corrected chi connectivity index (χ3v) is 11.8. The molecule has 10 nitrogen and oxygen atoms in total. The van der Waals surface area contributed by atoms with E-state index >= 15 is 0 Å². The number of methoxy groups -OCH3 is 1. The van der Waals surface area contributed by atoms with E-state index in [1.165, 1.54) is 37.4 Å². The Morgan fingerprint density at radius 1 is 0.508 bits per heavy atom. The van der Waals surface area contributed by atoms with Crippen LogP contribution in [0.1, 0.15) is 53.9 Å². The molecule has 0 radical (unpaired) electrons. The summed E-state index contributed by atoms with van der Waals surface area (Å²) in [4.78, 5) is 58.7. The second-order valence-electron chi connectivity index (χ2n) is 14.8. The van der Waals surface area contributed by atoms with E-state index in [0.717, 1.165) is 75.6 Å². The summed E-state index contributed by atoms with van der Waals surface area (Å²) >= 11 is 0. The molecule has 2 heterocycles. The first-order valence-electron chi connectivity index (χ1n) is 18.8. The topological polar surface area (TPSA) is 145 Å². The lowest BCUT2D eigenvalue weighted by Crippen LogP contribution is -2.40. The number of amides is 4. The van der Waals surface area contributed by atoms with Gasteiger partial charge in [0.15, 0.2) is 0 Å². The molecule has 0 saturated heterocycles. The molecule has 10 heteroatoms. The predicted molar refractivity (Wildman–Crippen MR) is 224 cm³/mol. The Hall–Kier alpha value is -8.16. The summed E-state index contributed by atoms with van der Waals surface area (Å²) in [5, 5.41) is 38.4. The Kier molecular flexibility index (Phi) is 6.90. The zero-order valence-electron chi connectivity index (χ0n) is 31.3. The van der Waals surface area contributed by atoms with Gasteiger partial charge >= 0.3 is 0 Å². The third kappa shape index (κ3) is 4.52. The van der Waals surface area contributed by atoms with Gasteiger partial charge < -0.3 is 20.1 Å². The van der Waals surface area contributed by atoms with E-state index in [4.69, 9.17) is 4.74 Å². The van der Waals surface area contributed by atoms with Gasteiger partial charge in [-0.15, -0.1) is 0 Å². The molecule has 9 aromatic rings. The van der Waals surface area contributed by atoms with Gasteiger partial charge in [0.05, 0.1) is 18.5 Å². The molecule has 0 aliphatic carbocycles. The van der Waals surface area contributed by atoms with Crippen LogP contribution in [0.25, 0.3) is 65.0 Å². The number of aromatic hydroxyl groups is 3. The Morgan fingerprint density at radius 3 is 1.58 bits per heavy atom. The van der Waals surface area contributed by atoms with E-state index in [2.05, 4.69) is 12.1 Å². The van der Waals surface area contributed by atoms with Crippen LogP contribution in [0.3, 0.4) is 0 Å². The van der Waals surface area contributed by atoms with Crippen LogP contribution in [0, 0.1) is 12.1 Å². The number of rotatable bonds is 5. The average molecular weight is 773 g/mol. The summed E-state index contributed by atoms with van der Waals surface area (Å²) in [6.07, 6.45) is 0.627. The second-order valence-corrected chi connectivity index (χ2v) is 14.8. The number of fused-ring (bicyclic) bond motifs is 2. The van der Waals surface area contributed by atoms with Crippen molar-refractivity contribution in [1.29, 1.82) is 0 Å². The number of anilines is 2. The fourth-order valence-corrected chi connectivity index (χ4v) is 9.33. The van der Waals surface area contributed by atoms with E-state index in [1.54, 1.807) is 24.3 Å². The lowest BCUT2D eigenvalue weighted by molar-refractivity contribution is 0.0877. The average Bonchev–Trinajstić information content (AvgIpc) is 3.23. The van der Waals surface area contributed by atoms with E-state index in [1.807, 2.05) is 49.4 Å². The molecule has 282 valence electrons. The molecule has 0 aromatic heterocycles. The maximum absolute atomic E-state index is 14.3. The van der Waals surface area contributed by atoms with E-state index in [9.17, 15) is 34.5 Å². The summed E-state index contributed by atoms with van der Waals surface area (Å²) in [5.74, 6) is -2.61. The molecule has 0 saturated carbocycles. The van der Waals surface area contributed by atoms with Crippen LogP contribution in [0.5, 0.6) is 23.0 Å². The summed E-state index contributed by atoms with van der Waals surface area (Å²) in [7, 11) is 1.44. The van der Waals surface area contributed by atoms with Gasteiger partial charge in [-0.2, -0.15) is 0 Å². The van der Waals surface area contributed by atoms with E-state index < -0.39 is 23.6 Å². The SMILES string of the molecule is CCc1ccc2c3c(ccc(-c4ccc5c6ccc7c8c(ccc(c9cc#cc4c95)c86)C(=O)N(c4cc(O)cc(O)c4)C7=O)c13)C(=O)N(c1cc(O)cc(OC)c1)C2=O. The molecule has 0 unspecified atom stereocenters. The largest absolute Gasteiger partial charge is 0.508 e. The van der Waals surface area contributed by atoms with Crippen molar-refractivity contribution >= 4 is 88.9 Å². The van der Waals surface area contributed by atoms with Crippen LogP contribution in [0.2, 0.25) is 0 Å². The second kappa shape index (κ2) is 11.9. The highest BCUT2D eigenvalue weighted by Gasteiger charge is 2.38. The third-order valence-electron chi connectivity index (χ3n) is 11.8. The fourth-order valence-electron chi connectivity index (χ4n) is 9.33. The van der Waals surface area contributed by atoms with Crippen molar-refractivity contribution in [3.63, 3.8) is 0 Å². The quantitative estimate of drug-likeness (QED) is 0.0892. The van der Waals surface area contributed by atoms with Gasteiger partial charge in [-0.3, -0.25) is 19.2 Å². The van der Waals surface area contributed by atoms with Crippen LogP contribution in [-0.2, 0) is 6.42 Å². The number of aryl methyl sites for hydroxylation is 1. The molecular formula is C49H28N2O8. The highest BCUT2D eigenvalue weighted by atomic mass is 16.5. The van der Waals surface area contributed by atoms with Gasteiger partial charge in [-0.05, 0) is 85.8 Å². The summed E-state index contributed by atoms with van der Waals surface area (Å²) < 4.78 is 5.31. The zero-order chi connectivity index (χ0) is 40.6. The Labute approximate surface area is 334 Å². The van der Waals surface area contributed by atoms with Crippen LogP contribution in [0.15, 0.2) is 103 Å². The molecule has 0 spiro atoms. The van der Waals surface area contributed by atoms with Gasteiger partial charge in [0.2, 0.25) is 0 Å². The zero-order valence-corrected chi connectivity index (χ0v) is 31.3. The maximum Gasteiger partial charge on any atom is 0.265 e. The summed E-state index contributed by atoms with van der Waals surface area (Å²) in [6, 6.07) is 34.9. The fraction of sp³-hybridized carbons (Fsp3) is 0.0612. The number of carbonyl (C=O) groups is 4. The molecule has 59 heavy (non-hydrogen) atoms. The van der Waals surface area contributed by atoms with Crippen LogP contribution < -0.4 is 14.5 Å². The lowest BCUT2D eigenvalue weighted by Gasteiger charge is -2.29. The van der Waals surface area contributed by atoms with Gasteiger partial charge in [0, 0.05) is 80.2 Å². The number of benzene rings is 8. The van der Waals surface area contributed by atoms with Crippen LogP contribution in [-0.4, -0.2) is 46.1 Å². The highest BCUT2D eigenvalue weighted by molar-refractivity contribution is 6.43. The summed E-state index contributed by atoms with van der Waals surface area (Å²) in [5.41, 5.74) is 4.16. The minimum Gasteiger partial charge on any atom is -0.508 e. The highest BCUT2D eigenvalue weighted by Crippen LogP contribution is 2.48. The number of hydrogen-bond donors (Lipinski definition) is 3. The van der Waals surface area contributed by atoms with Crippen molar-refractivity contribution in [3.05, 3.63) is 143 Å². The molecule has 4 amide bonds. The molecule has 9 aromatic carbocycles. The number of phenolic OH excluding ortho intramolecular Hbond substituents is 3. The van der Waals surface area contributed by atoms with Crippen molar-refractivity contribution in [2.24, 2.45) is 0 Å². The first-order chi connectivity index (χ1) is 28.6. The van der Waals surface area contributed by atoms with Crippen molar-refractivity contribution < 1.29 is 39.2 Å². The maximum atomic E-state index is 14.3. The van der Waals surface area contributed by atoms with Crippen LogP contribution >= 0.6 is 0 Å². The molecular weight excluding hydrogens is 745 g/mol. The molecule has 3 N–H and O–H groups in total. The Morgan fingerprint density at radius 2 is 0.983 bits per heavy atom. The first kappa shape index (κ1) is 34.1. The van der Waals surface area contributed by atoms with Crippen molar-refractivity contribution in [1.82, 2.24) is 0 Å². The number of phenols is 3. The number of imide groups is 2. The molecule has 2 aliphatic heterocycles. The monoisotopic (exact) mass is 772 g/mol. The Bertz CT molecular complexity index is 3330. The summed E-state index contributed by atoms with van der Waals surface area (Å²) in [6.45, 7) is 2.03. The Balaban J connectivity index is 1.12. The number of nitrogens with zero attached hydrogens (tertiary/aromatic N) is 2. The number of carbonyl (C=O) groups excluding carboxylic acids is 4. The minimum absolute atomic E-state index is 0.0532. The van der Waals surface area contributed by atoms with Gasteiger partial charge in [-0.1, -0.05) is 55.5 Å². The molecule has 0 bridgehead atoms. The van der Waals surface area contributed by atoms with Gasteiger partial charge in [0.25, 0.3) is 23.6 Å². The predicted octanol–water partition coefficient (Wildman–Crippen LogP) is 9.45. The normalized spacial score (nSPS) is 13.8. The number of hydrogen-bond acceptors (Lipinski definition) is 8. The van der Waals surface area contributed by atoms with Gasteiger partial charge in [-0.25, -0.2) is 9.80 Å².